The Morgan fingerprint density at radius 1 is 1.50 bits per heavy atom. The maximum Gasteiger partial charge on any atom is 0.0474 e. The van der Waals surface area contributed by atoms with Crippen molar-refractivity contribution in [3.63, 3.8) is 0 Å². The Bertz CT molecular complexity index is 110. The van der Waals surface area contributed by atoms with E-state index < -0.39 is 0 Å². The first kappa shape index (κ1) is 7.76. The predicted molar refractivity (Wildman–Crippen MR) is 41.5 cm³/mol. The van der Waals surface area contributed by atoms with E-state index in [1.165, 1.54) is 0 Å². The van der Waals surface area contributed by atoms with Crippen LogP contribution in [-0.4, -0.2) is 18.3 Å². The Hall–Kier alpha value is -0.340. The molecule has 0 bridgehead atoms. The summed E-state index contributed by atoms with van der Waals surface area (Å²) in [6.07, 6.45) is 6.54. The van der Waals surface area contributed by atoms with Crippen LogP contribution in [0.3, 0.4) is 0 Å². The maximum absolute atomic E-state index is 8.88. The SMILES string of the molecule is NCC(CO)C1CC=CC1. The van der Waals surface area contributed by atoms with Crippen LogP contribution >= 0.6 is 0 Å². The first-order chi connectivity index (χ1) is 4.88. The van der Waals surface area contributed by atoms with E-state index in [1.54, 1.807) is 0 Å². The van der Waals surface area contributed by atoms with Crippen molar-refractivity contribution in [3.05, 3.63) is 12.2 Å². The van der Waals surface area contributed by atoms with Gasteiger partial charge in [0.15, 0.2) is 0 Å². The fourth-order valence-electron chi connectivity index (χ4n) is 1.44. The summed E-state index contributed by atoms with van der Waals surface area (Å²) >= 11 is 0. The molecule has 3 N–H and O–H groups in total. The second kappa shape index (κ2) is 3.74. The molecule has 10 heavy (non-hydrogen) atoms. The summed E-state index contributed by atoms with van der Waals surface area (Å²) in [5.74, 6) is 0.921. The van der Waals surface area contributed by atoms with E-state index in [1.807, 2.05) is 0 Å². The lowest BCUT2D eigenvalue weighted by molar-refractivity contribution is 0.184. The van der Waals surface area contributed by atoms with Crippen molar-refractivity contribution in [2.75, 3.05) is 13.2 Å². The van der Waals surface area contributed by atoms with Gasteiger partial charge in [-0.1, -0.05) is 12.2 Å². The van der Waals surface area contributed by atoms with Crippen molar-refractivity contribution < 1.29 is 5.11 Å². The molecule has 1 unspecified atom stereocenters. The van der Waals surface area contributed by atoms with Crippen molar-refractivity contribution in [2.45, 2.75) is 12.8 Å². The number of hydrogen-bond acceptors (Lipinski definition) is 2. The lowest BCUT2D eigenvalue weighted by Gasteiger charge is -2.18. The lowest BCUT2D eigenvalue weighted by atomic mass is 9.91. The Balaban J connectivity index is 2.31. The van der Waals surface area contributed by atoms with Crippen LogP contribution in [0.1, 0.15) is 12.8 Å². The average Bonchev–Trinajstić information content (AvgIpc) is 2.43. The molecule has 2 nitrogen and oxygen atoms in total. The van der Waals surface area contributed by atoms with E-state index in [0.29, 0.717) is 18.4 Å². The Kier molecular flexibility index (Phi) is 2.90. The first-order valence-electron chi connectivity index (χ1n) is 3.84. The van der Waals surface area contributed by atoms with Gasteiger partial charge in [-0.05, 0) is 31.2 Å². The quantitative estimate of drug-likeness (QED) is 0.563. The van der Waals surface area contributed by atoms with Gasteiger partial charge in [-0.15, -0.1) is 0 Å². The summed E-state index contributed by atoms with van der Waals surface area (Å²) in [5.41, 5.74) is 5.48. The highest BCUT2D eigenvalue weighted by atomic mass is 16.3. The van der Waals surface area contributed by atoms with Crippen molar-refractivity contribution in [2.24, 2.45) is 17.6 Å². The molecule has 1 aliphatic rings. The van der Waals surface area contributed by atoms with Crippen molar-refractivity contribution >= 4 is 0 Å². The summed E-state index contributed by atoms with van der Waals surface area (Å²) in [4.78, 5) is 0. The highest BCUT2D eigenvalue weighted by Crippen LogP contribution is 2.24. The molecule has 0 aromatic rings. The molecule has 1 rings (SSSR count). The lowest BCUT2D eigenvalue weighted by Crippen LogP contribution is -2.25. The third kappa shape index (κ3) is 1.58. The molecule has 0 saturated carbocycles. The minimum Gasteiger partial charge on any atom is -0.396 e. The van der Waals surface area contributed by atoms with Crippen LogP contribution in [0.4, 0.5) is 0 Å². The van der Waals surface area contributed by atoms with Gasteiger partial charge in [0.25, 0.3) is 0 Å². The van der Waals surface area contributed by atoms with Gasteiger partial charge in [0.05, 0.1) is 0 Å². The van der Waals surface area contributed by atoms with Crippen molar-refractivity contribution in [3.8, 4) is 0 Å². The van der Waals surface area contributed by atoms with Gasteiger partial charge in [0.2, 0.25) is 0 Å². The molecule has 0 aromatic heterocycles. The van der Waals surface area contributed by atoms with Crippen molar-refractivity contribution in [1.29, 1.82) is 0 Å². The van der Waals surface area contributed by atoms with E-state index in [2.05, 4.69) is 12.2 Å². The number of hydrogen-bond donors (Lipinski definition) is 2. The summed E-state index contributed by atoms with van der Waals surface area (Å²) in [6, 6.07) is 0. The zero-order chi connectivity index (χ0) is 7.40. The van der Waals surface area contributed by atoms with Crippen LogP contribution in [0.5, 0.6) is 0 Å². The summed E-state index contributed by atoms with van der Waals surface area (Å²) in [5, 5.41) is 8.88. The Morgan fingerprint density at radius 3 is 2.50 bits per heavy atom. The molecule has 0 amide bonds. The molecule has 0 aliphatic heterocycles. The van der Waals surface area contributed by atoms with E-state index in [9.17, 15) is 0 Å². The van der Waals surface area contributed by atoms with E-state index in [4.69, 9.17) is 10.8 Å². The monoisotopic (exact) mass is 141 g/mol. The molecule has 58 valence electrons. The molecule has 1 aliphatic carbocycles. The van der Waals surface area contributed by atoms with Gasteiger partial charge in [-0.3, -0.25) is 0 Å². The highest BCUT2D eigenvalue weighted by Gasteiger charge is 2.19. The fourth-order valence-corrected chi connectivity index (χ4v) is 1.44. The standard InChI is InChI=1S/C8H15NO/c9-5-8(6-10)7-3-1-2-4-7/h1-2,7-8,10H,3-6,9H2. The largest absolute Gasteiger partial charge is 0.396 e. The van der Waals surface area contributed by atoms with Crippen LogP contribution in [-0.2, 0) is 0 Å². The molecule has 0 spiro atoms. The number of aliphatic hydroxyl groups excluding tert-OH is 1. The number of aliphatic hydroxyl groups is 1. The van der Waals surface area contributed by atoms with Gasteiger partial charge in [0, 0.05) is 6.61 Å². The minimum absolute atomic E-state index is 0.239. The molecule has 0 heterocycles. The zero-order valence-electron chi connectivity index (χ0n) is 6.16. The molecule has 0 fully saturated rings. The summed E-state index contributed by atoms with van der Waals surface area (Å²) < 4.78 is 0. The van der Waals surface area contributed by atoms with Gasteiger partial charge in [0.1, 0.15) is 0 Å². The molecule has 0 saturated heterocycles. The predicted octanol–water partition coefficient (Wildman–Crippen LogP) is 0.520. The van der Waals surface area contributed by atoms with E-state index in [-0.39, 0.29) is 6.61 Å². The van der Waals surface area contributed by atoms with Crippen LogP contribution in [0, 0.1) is 11.8 Å². The Morgan fingerprint density at radius 2 is 2.10 bits per heavy atom. The van der Waals surface area contributed by atoms with E-state index >= 15 is 0 Å². The second-order valence-electron chi connectivity index (χ2n) is 2.88. The van der Waals surface area contributed by atoms with Crippen molar-refractivity contribution in [1.82, 2.24) is 0 Å². The second-order valence-corrected chi connectivity index (χ2v) is 2.88. The van der Waals surface area contributed by atoms with Crippen LogP contribution in [0.2, 0.25) is 0 Å². The third-order valence-corrected chi connectivity index (χ3v) is 2.25. The topological polar surface area (TPSA) is 46.2 Å². The van der Waals surface area contributed by atoms with Gasteiger partial charge < -0.3 is 10.8 Å². The van der Waals surface area contributed by atoms with Gasteiger partial charge in [-0.2, -0.15) is 0 Å². The normalized spacial score (nSPS) is 21.8. The van der Waals surface area contributed by atoms with Crippen LogP contribution in [0.25, 0.3) is 0 Å². The van der Waals surface area contributed by atoms with Gasteiger partial charge >= 0.3 is 0 Å². The molecular weight excluding hydrogens is 126 g/mol. The maximum atomic E-state index is 8.88. The minimum atomic E-state index is 0.239. The van der Waals surface area contributed by atoms with Gasteiger partial charge in [-0.25, -0.2) is 0 Å². The molecule has 1 atom stereocenters. The third-order valence-electron chi connectivity index (χ3n) is 2.25. The fraction of sp³-hybridized carbons (Fsp3) is 0.750. The molecule has 2 heteroatoms. The molecule has 0 radical (unpaired) electrons. The number of rotatable bonds is 3. The average molecular weight is 141 g/mol. The molecular formula is C8H15NO. The van der Waals surface area contributed by atoms with Crippen LogP contribution in [0.15, 0.2) is 12.2 Å². The Labute approximate surface area is 61.7 Å². The van der Waals surface area contributed by atoms with E-state index in [0.717, 1.165) is 12.8 Å². The smallest absolute Gasteiger partial charge is 0.0474 e. The zero-order valence-corrected chi connectivity index (χ0v) is 6.16. The molecule has 0 aromatic carbocycles. The first-order valence-corrected chi connectivity index (χ1v) is 3.84. The van der Waals surface area contributed by atoms with Crippen LogP contribution < -0.4 is 5.73 Å². The summed E-state index contributed by atoms with van der Waals surface area (Å²) in [7, 11) is 0. The number of nitrogens with two attached hydrogens (primary N) is 1. The summed E-state index contributed by atoms with van der Waals surface area (Å²) in [6.45, 7) is 0.853. The highest BCUT2D eigenvalue weighted by molar-refractivity contribution is 4.96. The number of allylic oxidation sites excluding steroid dienone is 2.